The van der Waals surface area contributed by atoms with Crippen molar-refractivity contribution in [2.75, 3.05) is 5.73 Å². The minimum absolute atomic E-state index is 0.505. The highest BCUT2D eigenvalue weighted by Crippen LogP contribution is 2.36. The third-order valence-corrected chi connectivity index (χ3v) is 4.89. The number of nitrogens with zero attached hydrogens (tertiary/aromatic N) is 1. The minimum atomic E-state index is 0.505. The molecule has 0 radical (unpaired) electrons. The molecule has 0 saturated carbocycles. The number of rotatable bonds is 4. The fourth-order valence-corrected chi connectivity index (χ4v) is 3.32. The van der Waals surface area contributed by atoms with E-state index in [-0.39, 0.29) is 0 Å². The molecule has 23 heavy (non-hydrogen) atoms. The number of fused-ring (bicyclic) bond motifs is 1. The lowest BCUT2D eigenvalue weighted by atomic mass is 9.89. The SMILES string of the molecule is CCC(CC)c1cccc(N)c1-c1nc2cc(C)c(C)cc2[nH]1. The number of H-pyrrole nitrogens is 1. The summed E-state index contributed by atoms with van der Waals surface area (Å²) in [6.45, 7) is 8.70. The molecule has 3 heteroatoms. The number of aryl methyl sites for hydroxylation is 2. The van der Waals surface area contributed by atoms with Gasteiger partial charge in [0.25, 0.3) is 0 Å². The molecule has 2 aromatic carbocycles. The maximum atomic E-state index is 6.32. The van der Waals surface area contributed by atoms with Crippen LogP contribution >= 0.6 is 0 Å². The van der Waals surface area contributed by atoms with Gasteiger partial charge in [-0.3, -0.25) is 0 Å². The molecule has 0 aliphatic carbocycles. The Morgan fingerprint density at radius 2 is 1.78 bits per heavy atom. The number of nitrogen functional groups attached to an aromatic ring is 1. The summed E-state index contributed by atoms with van der Waals surface area (Å²) < 4.78 is 0. The van der Waals surface area contributed by atoms with Gasteiger partial charge in [0.15, 0.2) is 0 Å². The highest BCUT2D eigenvalue weighted by atomic mass is 14.9. The molecule has 0 saturated heterocycles. The predicted molar refractivity (Wildman–Crippen MR) is 98.7 cm³/mol. The standard InChI is InChI=1S/C20H25N3/c1-5-14(6-2)15-8-7-9-16(21)19(15)20-22-17-10-12(3)13(4)11-18(17)23-20/h7-11,14H,5-6,21H2,1-4H3,(H,22,23). The van der Waals surface area contributed by atoms with Gasteiger partial charge in [0.1, 0.15) is 5.82 Å². The molecule has 120 valence electrons. The molecular formula is C20H25N3. The molecule has 0 atom stereocenters. The molecule has 1 aromatic heterocycles. The van der Waals surface area contributed by atoms with Crippen LogP contribution in [-0.2, 0) is 0 Å². The first-order chi connectivity index (χ1) is 11.0. The monoisotopic (exact) mass is 307 g/mol. The molecule has 3 aromatic rings. The summed E-state index contributed by atoms with van der Waals surface area (Å²) in [6, 6.07) is 10.5. The van der Waals surface area contributed by atoms with Crippen molar-refractivity contribution in [2.24, 2.45) is 0 Å². The van der Waals surface area contributed by atoms with Gasteiger partial charge < -0.3 is 10.7 Å². The molecule has 1 heterocycles. The average molecular weight is 307 g/mol. The van der Waals surface area contributed by atoms with Crippen LogP contribution in [0.25, 0.3) is 22.4 Å². The third-order valence-electron chi connectivity index (χ3n) is 4.89. The van der Waals surface area contributed by atoms with Crippen LogP contribution in [0.5, 0.6) is 0 Å². The summed E-state index contributed by atoms with van der Waals surface area (Å²) in [4.78, 5) is 8.29. The van der Waals surface area contributed by atoms with E-state index in [2.05, 4.69) is 50.9 Å². The Labute approximate surface area is 137 Å². The number of hydrogen-bond acceptors (Lipinski definition) is 2. The Hall–Kier alpha value is -2.29. The summed E-state index contributed by atoms with van der Waals surface area (Å²) in [7, 11) is 0. The predicted octanol–water partition coefficient (Wildman–Crippen LogP) is 5.33. The van der Waals surface area contributed by atoms with Crippen molar-refractivity contribution in [3.05, 3.63) is 47.0 Å². The first-order valence-corrected chi connectivity index (χ1v) is 8.40. The lowest BCUT2D eigenvalue weighted by Gasteiger charge is -2.18. The van der Waals surface area contributed by atoms with Crippen LogP contribution in [0.4, 0.5) is 5.69 Å². The highest BCUT2D eigenvalue weighted by molar-refractivity contribution is 5.85. The van der Waals surface area contributed by atoms with E-state index in [1.165, 1.54) is 16.7 Å². The molecule has 0 aliphatic heterocycles. The number of anilines is 1. The third kappa shape index (κ3) is 2.72. The maximum absolute atomic E-state index is 6.32. The van der Waals surface area contributed by atoms with E-state index in [0.717, 1.165) is 41.0 Å². The first-order valence-electron chi connectivity index (χ1n) is 8.40. The van der Waals surface area contributed by atoms with Gasteiger partial charge in [-0.25, -0.2) is 4.98 Å². The van der Waals surface area contributed by atoms with Crippen LogP contribution in [0, 0.1) is 13.8 Å². The van der Waals surface area contributed by atoms with Gasteiger partial charge in [0.05, 0.1) is 11.0 Å². The Morgan fingerprint density at radius 1 is 1.09 bits per heavy atom. The fourth-order valence-electron chi connectivity index (χ4n) is 3.32. The summed E-state index contributed by atoms with van der Waals surface area (Å²) in [5.74, 6) is 1.38. The van der Waals surface area contributed by atoms with Gasteiger partial charge in [-0.15, -0.1) is 0 Å². The van der Waals surface area contributed by atoms with E-state index < -0.39 is 0 Å². The Morgan fingerprint density at radius 3 is 2.48 bits per heavy atom. The van der Waals surface area contributed by atoms with Crippen molar-refractivity contribution >= 4 is 16.7 Å². The van der Waals surface area contributed by atoms with E-state index in [9.17, 15) is 0 Å². The van der Waals surface area contributed by atoms with Gasteiger partial charge in [0, 0.05) is 11.3 Å². The second kappa shape index (κ2) is 6.07. The quantitative estimate of drug-likeness (QED) is 0.640. The number of benzene rings is 2. The first kappa shape index (κ1) is 15.6. The van der Waals surface area contributed by atoms with Crippen molar-refractivity contribution in [2.45, 2.75) is 46.5 Å². The van der Waals surface area contributed by atoms with Crippen molar-refractivity contribution in [1.29, 1.82) is 0 Å². The number of aromatic amines is 1. The molecule has 0 unspecified atom stereocenters. The molecule has 0 spiro atoms. The molecule has 3 rings (SSSR count). The zero-order chi connectivity index (χ0) is 16.6. The fraction of sp³-hybridized carbons (Fsp3) is 0.350. The lowest BCUT2D eigenvalue weighted by molar-refractivity contribution is 0.643. The van der Waals surface area contributed by atoms with Gasteiger partial charge >= 0.3 is 0 Å². The van der Waals surface area contributed by atoms with Gasteiger partial charge in [0.2, 0.25) is 0 Å². The molecule has 3 nitrogen and oxygen atoms in total. The van der Waals surface area contributed by atoms with Gasteiger partial charge in [-0.1, -0.05) is 26.0 Å². The van der Waals surface area contributed by atoms with Crippen molar-refractivity contribution < 1.29 is 0 Å². The van der Waals surface area contributed by atoms with Crippen molar-refractivity contribution in [1.82, 2.24) is 9.97 Å². The van der Waals surface area contributed by atoms with Crippen LogP contribution in [0.3, 0.4) is 0 Å². The van der Waals surface area contributed by atoms with Gasteiger partial charge in [-0.2, -0.15) is 0 Å². The number of imidazole rings is 1. The molecular weight excluding hydrogens is 282 g/mol. The van der Waals surface area contributed by atoms with E-state index in [0.29, 0.717) is 5.92 Å². The van der Waals surface area contributed by atoms with Crippen LogP contribution in [0.1, 0.15) is 49.3 Å². The zero-order valence-corrected chi connectivity index (χ0v) is 14.4. The number of nitrogens with two attached hydrogens (primary N) is 1. The van der Waals surface area contributed by atoms with Crippen LogP contribution in [-0.4, -0.2) is 9.97 Å². The molecule has 0 fully saturated rings. The van der Waals surface area contributed by atoms with Crippen LogP contribution in [0.15, 0.2) is 30.3 Å². The largest absolute Gasteiger partial charge is 0.398 e. The summed E-state index contributed by atoms with van der Waals surface area (Å²) in [6.07, 6.45) is 2.21. The van der Waals surface area contributed by atoms with E-state index in [4.69, 9.17) is 10.7 Å². The Balaban J connectivity index is 2.22. The Bertz CT molecular complexity index is 802. The average Bonchev–Trinajstić information content (AvgIpc) is 2.91. The van der Waals surface area contributed by atoms with Crippen LogP contribution < -0.4 is 5.73 Å². The second-order valence-electron chi connectivity index (χ2n) is 6.36. The lowest BCUT2D eigenvalue weighted by Crippen LogP contribution is -2.02. The minimum Gasteiger partial charge on any atom is -0.398 e. The van der Waals surface area contributed by atoms with E-state index >= 15 is 0 Å². The highest BCUT2D eigenvalue weighted by Gasteiger charge is 2.18. The molecule has 0 aliphatic rings. The number of nitrogens with one attached hydrogen (secondary N) is 1. The van der Waals surface area contributed by atoms with Gasteiger partial charge in [-0.05, 0) is 67.5 Å². The zero-order valence-electron chi connectivity index (χ0n) is 14.4. The number of aromatic nitrogens is 2. The van der Waals surface area contributed by atoms with E-state index in [1.807, 2.05) is 12.1 Å². The summed E-state index contributed by atoms with van der Waals surface area (Å²) >= 11 is 0. The normalized spacial score (nSPS) is 11.5. The summed E-state index contributed by atoms with van der Waals surface area (Å²) in [5, 5.41) is 0. The molecule has 0 bridgehead atoms. The van der Waals surface area contributed by atoms with Crippen molar-refractivity contribution in [3.63, 3.8) is 0 Å². The van der Waals surface area contributed by atoms with E-state index in [1.54, 1.807) is 0 Å². The molecule has 0 amide bonds. The number of hydrogen-bond donors (Lipinski definition) is 2. The Kier molecular flexibility index (Phi) is 4.12. The smallest absolute Gasteiger partial charge is 0.140 e. The second-order valence-corrected chi connectivity index (χ2v) is 6.36. The van der Waals surface area contributed by atoms with Crippen LogP contribution in [0.2, 0.25) is 0 Å². The maximum Gasteiger partial charge on any atom is 0.140 e. The topological polar surface area (TPSA) is 54.7 Å². The molecule has 3 N–H and O–H groups in total. The van der Waals surface area contributed by atoms with Crippen molar-refractivity contribution in [3.8, 4) is 11.4 Å². The summed E-state index contributed by atoms with van der Waals surface area (Å²) in [5.41, 5.74) is 14.1.